The normalized spacial score (nSPS) is 14.8. The van der Waals surface area contributed by atoms with Gasteiger partial charge < -0.3 is 10.2 Å². The third kappa shape index (κ3) is 3.96. The van der Waals surface area contributed by atoms with Crippen molar-refractivity contribution in [1.82, 2.24) is 20.1 Å². The van der Waals surface area contributed by atoms with Crippen LogP contribution in [-0.4, -0.2) is 39.8 Å². The maximum Gasteiger partial charge on any atom is 0.251 e. The van der Waals surface area contributed by atoms with Gasteiger partial charge in [-0.25, -0.2) is 9.07 Å². The molecule has 164 valence electrons. The van der Waals surface area contributed by atoms with E-state index in [1.807, 2.05) is 41.9 Å². The van der Waals surface area contributed by atoms with Gasteiger partial charge in [-0.05, 0) is 50.1 Å². The average Bonchev–Trinajstić information content (AvgIpc) is 3.37. The predicted molar refractivity (Wildman–Crippen MR) is 126 cm³/mol. The Hall–Kier alpha value is -2.97. The van der Waals surface area contributed by atoms with E-state index in [1.54, 1.807) is 11.3 Å². The maximum absolute atomic E-state index is 13.3. The quantitative estimate of drug-likeness (QED) is 0.457. The van der Waals surface area contributed by atoms with E-state index in [0.717, 1.165) is 52.8 Å². The van der Waals surface area contributed by atoms with Crippen LogP contribution < -0.4 is 10.2 Å². The summed E-state index contributed by atoms with van der Waals surface area (Å²) in [6.07, 6.45) is 1.61. The smallest absolute Gasteiger partial charge is 0.251 e. The fourth-order valence-corrected chi connectivity index (χ4v) is 5.15. The summed E-state index contributed by atoms with van der Waals surface area (Å²) in [7, 11) is 0. The highest BCUT2D eigenvalue weighted by Gasteiger charge is 2.25. The Morgan fingerprint density at radius 2 is 1.94 bits per heavy atom. The number of hydrogen-bond donors (Lipinski definition) is 1. The van der Waals surface area contributed by atoms with Crippen LogP contribution in [0.4, 0.5) is 9.52 Å². The first-order valence-electron chi connectivity index (χ1n) is 10.4. The first kappa shape index (κ1) is 20.9. The van der Waals surface area contributed by atoms with Crippen LogP contribution in [0.15, 0.2) is 48.5 Å². The molecule has 0 radical (unpaired) electrons. The summed E-state index contributed by atoms with van der Waals surface area (Å²) in [4.78, 5) is 19.6. The molecule has 0 saturated carbocycles. The lowest BCUT2D eigenvalue weighted by atomic mass is 10.0. The van der Waals surface area contributed by atoms with Gasteiger partial charge in [-0.1, -0.05) is 41.1 Å². The summed E-state index contributed by atoms with van der Waals surface area (Å²) in [5, 5.41) is 8.62. The predicted octanol–water partition coefficient (Wildman–Crippen LogP) is 4.98. The molecule has 1 aliphatic heterocycles. The first-order chi connectivity index (χ1) is 15.5. The van der Waals surface area contributed by atoms with E-state index < -0.39 is 5.82 Å². The number of rotatable bonds is 4. The Labute approximate surface area is 193 Å². The van der Waals surface area contributed by atoms with E-state index >= 15 is 0 Å². The number of carbonyl (C=O) groups excluding carboxylic acids is 1. The molecule has 1 N–H and O–H groups in total. The molecule has 1 fully saturated rings. The zero-order valence-electron chi connectivity index (χ0n) is 17.4. The van der Waals surface area contributed by atoms with E-state index in [9.17, 15) is 9.18 Å². The summed E-state index contributed by atoms with van der Waals surface area (Å²) in [5.41, 5.74) is 3.20. The van der Waals surface area contributed by atoms with Crippen LogP contribution in [0.3, 0.4) is 0 Å². The Kier molecular flexibility index (Phi) is 5.57. The number of amides is 1. The largest absolute Gasteiger partial charge is 0.349 e. The van der Waals surface area contributed by atoms with Crippen molar-refractivity contribution in [3.63, 3.8) is 0 Å². The van der Waals surface area contributed by atoms with E-state index in [-0.39, 0.29) is 17.0 Å². The molecular formula is C23H21ClFN5OS. The van der Waals surface area contributed by atoms with Crippen LogP contribution in [0.5, 0.6) is 0 Å². The molecular weight excluding hydrogens is 449 g/mol. The number of thiazole rings is 1. The number of nitrogens with zero attached hydrogens (tertiary/aromatic N) is 4. The van der Waals surface area contributed by atoms with Crippen molar-refractivity contribution in [3.05, 3.63) is 70.6 Å². The van der Waals surface area contributed by atoms with Gasteiger partial charge in [-0.3, -0.25) is 4.79 Å². The minimum absolute atomic E-state index is 0.0485. The molecule has 9 heteroatoms. The Morgan fingerprint density at radius 1 is 1.19 bits per heavy atom. The van der Waals surface area contributed by atoms with Crippen LogP contribution in [-0.2, 0) is 0 Å². The topological polar surface area (TPSA) is 63.1 Å². The Morgan fingerprint density at radius 3 is 2.66 bits per heavy atom. The third-order valence-electron chi connectivity index (χ3n) is 5.66. The molecule has 1 aliphatic rings. The minimum Gasteiger partial charge on any atom is -0.349 e. The number of benzene rings is 2. The number of para-hydroxylation sites is 1. The van der Waals surface area contributed by atoms with Crippen LogP contribution >= 0.6 is 22.9 Å². The maximum atomic E-state index is 13.3. The number of carbonyl (C=O) groups is 1. The van der Waals surface area contributed by atoms with Crippen LogP contribution in [0.1, 0.15) is 28.9 Å². The first-order valence-corrected chi connectivity index (χ1v) is 11.6. The summed E-state index contributed by atoms with van der Waals surface area (Å²) in [6.45, 7) is 3.60. The summed E-state index contributed by atoms with van der Waals surface area (Å²) < 4.78 is 16.3. The van der Waals surface area contributed by atoms with Gasteiger partial charge in [0.1, 0.15) is 5.82 Å². The number of anilines is 1. The second-order valence-corrected chi connectivity index (χ2v) is 9.23. The number of aryl methyl sites for hydroxylation is 1. The lowest BCUT2D eigenvalue weighted by Crippen LogP contribution is -2.44. The monoisotopic (exact) mass is 469 g/mol. The van der Waals surface area contributed by atoms with Gasteiger partial charge >= 0.3 is 0 Å². The number of nitrogens with one attached hydrogen (secondary N) is 1. The molecule has 6 nitrogen and oxygen atoms in total. The number of halogens is 2. The molecule has 5 rings (SSSR count). The highest BCUT2D eigenvalue weighted by atomic mass is 35.5. The molecule has 2 aromatic heterocycles. The van der Waals surface area contributed by atoms with E-state index in [0.29, 0.717) is 5.56 Å². The molecule has 0 bridgehead atoms. The fraction of sp³-hybridized carbons (Fsp3) is 0.261. The van der Waals surface area contributed by atoms with Crippen LogP contribution in [0.2, 0.25) is 5.02 Å². The van der Waals surface area contributed by atoms with Crippen molar-refractivity contribution in [2.75, 3.05) is 18.0 Å². The molecule has 0 atom stereocenters. The van der Waals surface area contributed by atoms with Gasteiger partial charge in [0, 0.05) is 24.7 Å². The Balaban J connectivity index is 1.27. The zero-order chi connectivity index (χ0) is 22.2. The molecule has 3 heterocycles. The highest BCUT2D eigenvalue weighted by molar-refractivity contribution is 7.22. The molecule has 0 spiro atoms. The summed E-state index contributed by atoms with van der Waals surface area (Å²) in [6, 6.07) is 14.1. The average molecular weight is 470 g/mol. The standard InChI is InChI=1S/C23H21ClFN5OS/c1-14-20-21(30(28-14)17-5-3-2-4-6-17)27-23(32-20)29-11-9-16(10-12-29)26-22(31)15-7-8-19(25)18(24)13-15/h2-8,13,16H,9-12H2,1H3,(H,26,31). The second kappa shape index (κ2) is 8.52. The van der Waals surface area contributed by atoms with Gasteiger partial charge in [0.15, 0.2) is 10.8 Å². The van der Waals surface area contributed by atoms with Crippen LogP contribution in [0.25, 0.3) is 16.0 Å². The number of fused-ring (bicyclic) bond motifs is 1. The van der Waals surface area contributed by atoms with Crippen molar-refractivity contribution in [2.24, 2.45) is 0 Å². The Bertz CT molecular complexity index is 1280. The molecule has 1 amide bonds. The van der Waals surface area contributed by atoms with Gasteiger partial charge in [0.05, 0.1) is 21.1 Å². The van der Waals surface area contributed by atoms with Crippen molar-refractivity contribution in [2.45, 2.75) is 25.8 Å². The van der Waals surface area contributed by atoms with Gasteiger partial charge in [0.2, 0.25) is 0 Å². The molecule has 0 aliphatic carbocycles. The second-order valence-electron chi connectivity index (χ2n) is 7.85. The van der Waals surface area contributed by atoms with E-state index in [1.165, 1.54) is 18.2 Å². The third-order valence-corrected chi connectivity index (χ3v) is 7.16. The fourth-order valence-electron chi connectivity index (χ4n) is 3.93. The highest BCUT2D eigenvalue weighted by Crippen LogP contribution is 2.33. The van der Waals surface area contributed by atoms with Crippen molar-refractivity contribution in [1.29, 1.82) is 0 Å². The van der Waals surface area contributed by atoms with Crippen molar-refractivity contribution < 1.29 is 9.18 Å². The zero-order valence-corrected chi connectivity index (χ0v) is 19.0. The van der Waals surface area contributed by atoms with Crippen molar-refractivity contribution in [3.8, 4) is 5.69 Å². The van der Waals surface area contributed by atoms with Crippen molar-refractivity contribution >= 4 is 44.3 Å². The van der Waals surface area contributed by atoms with Gasteiger partial charge in [-0.2, -0.15) is 10.1 Å². The van der Waals surface area contributed by atoms with Gasteiger partial charge in [-0.15, -0.1) is 0 Å². The molecule has 2 aromatic carbocycles. The lowest BCUT2D eigenvalue weighted by molar-refractivity contribution is 0.0931. The minimum atomic E-state index is -0.530. The molecule has 4 aromatic rings. The summed E-state index contributed by atoms with van der Waals surface area (Å²) >= 11 is 7.45. The van der Waals surface area contributed by atoms with E-state index in [4.69, 9.17) is 16.6 Å². The molecule has 32 heavy (non-hydrogen) atoms. The lowest BCUT2D eigenvalue weighted by Gasteiger charge is -2.32. The van der Waals surface area contributed by atoms with Crippen LogP contribution in [0, 0.1) is 12.7 Å². The number of piperidine rings is 1. The molecule has 1 saturated heterocycles. The van der Waals surface area contributed by atoms with Gasteiger partial charge in [0.25, 0.3) is 5.91 Å². The van der Waals surface area contributed by atoms with E-state index in [2.05, 4.69) is 15.3 Å². The number of hydrogen-bond acceptors (Lipinski definition) is 5. The molecule has 0 unspecified atom stereocenters. The number of aromatic nitrogens is 3. The summed E-state index contributed by atoms with van der Waals surface area (Å²) in [5.74, 6) is -0.762. The SMILES string of the molecule is Cc1nn(-c2ccccc2)c2nc(N3CCC(NC(=O)c4ccc(F)c(Cl)c4)CC3)sc12.